The predicted octanol–water partition coefficient (Wildman–Crippen LogP) is 3.21. The van der Waals surface area contributed by atoms with Gasteiger partial charge in [0, 0.05) is 19.6 Å². The van der Waals surface area contributed by atoms with Gasteiger partial charge in [-0.3, -0.25) is 0 Å². The third kappa shape index (κ3) is 4.92. The molecule has 1 fully saturated rings. The van der Waals surface area contributed by atoms with E-state index in [4.69, 9.17) is 5.26 Å². The molecule has 0 bridgehead atoms. The minimum Gasteiger partial charge on any atom is -0.312 e. The quantitative estimate of drug-likeness (QED) is 0.852. The summed E-state index contributed by atoms with van der Waals surface area (Å²) in [6.45, 7) is 5.54. The Balaban J connectivity index is 1.34. The topological polar surface area (TPSA) is 39.1 Å². The minimum absolute atomic E-state index is 0.726. The van der Waals surface area contributed by atoms with Crippen molar-refractivity contribution >= 4 is 0 Å². The van der Waals surface area contributed by atoms with E-state index in [2.05, 4.69) is 46.6 Å². The van der Waals surface area contributed by atoms with Crippen LogP contribution in [0.15, 0.2) is 54.6 Å². The van der Waals surface area contributed by atoms with Gasteiger partial charge in [0.1, 0.15) is 0 Å². The Morgan fingerprint density at radius 1 is 1.04 bits per heavy atom. The Kier molecular flexibility index (Phi) is 6.01. The van der Waals surface area contributed by atoms with Gasteiger partial charge < -0.3 is 10.2 Å². The fourth-order valence-corrected chi connectivity index (χ4v) is 3.33. The van der Waals surface area contributed by atoms with Crippen molar-refractivity contribution < 1.29 is 0 Å². The van der Waals surface area contributed by atoms with Gasteiger partial charge in [0.15, 0.2) is 0 Å². The Labute approximate surface area is 144 Å². The van der Waals surface area contributed by atoms with Crippen LogP contribution in [0.1, 0.15) is 23.1 Å². The van der Waals surface area contributed by atoms with E-state index >= 15 is 0 Å². The number of hydrogen-bond donors (Lipinski definition) is 1. The first-order valence-corrected chi connectivity index (χ1v) is 8.79. The average molecular weight is 319 g/mol. The molecule has 1 N–H and O–H groups in total. The molecular weight excluding hydrogens is 294 g/mol. The average Bonchev–Trinajstić information content (AvgIpc) is 3.09. The van der Waals surface area contributed by atoms with Gasteiger partial charge in [0.2, 0.25) is 0 Å². The lowest BCUT2D eigenvalue weighted by Gasteiger charge is -2.16. The molecule has 1 saturated heterocycles. The van der Waals surface area contributed by atoms with E-state index in [1.54, 1.807) is 0 Å². The number of rotatable bonds is 7. The first kappa shape index (κ1) is 16.7. The fourth-order valence-electron chi connectivity index (χ4n) is 3.33. The van der Waals surface area contributed by atoms with Crippen LogP contribution in [0.5, 0.6) is 0 Å². The number of benzene rings is 2. The zero-order valence-corrected chi connectivity index (χ0v) is 14.1. The molecule has 3 rings (SSSR count). The fraction of sp³-hybridized carbons (Fsp3) is 0.381. The molecule has 0 amide bonds. The van der Waals surface area contributed by atoms with Gasteiger partial charge in [-0.1, -0.05) is 42.5 Å². The summed E-state index contributed by atoms with van der Waals surface area (Å²) in [5, 5.41) is 12.4. The number of nitriles is 1. The van der Waals surface area contributed by atoms with Crippen LogP contribution in [0.25, 0.3) is 0 Å². The van der Waals surface area contributed by atoms with Crippen LogP contribution in [0.2, 0.25) is 0 Å². The summed E-state index contributed by atoms with van der Waals surface area (Å²) in [7, 11) is 0. The monoisotopic (exact) mass is 319 g/mol. The molecule has 1 aliphatic rings. The SMILES string of the molecule is N#Cc1ccc(CNCC2CCN(CCc3ccccc3)C2)cc1. The zero-order valence-electron chi connectivity index (χ0n) is 14.1. The van der Waals surface area contributed by atoms with E-state index in [0.29, 0.717) is 0 Å². The molecule has 3 nitrogen and oxygen atoms in total. The van der Waals surface area contributed by atoms with E-state index in [9.17, 15) is 0 Å². The standard InChI is InChI=1S/C21H25N3/c22-14-19-6-8-20(9-7-19)15-23-16-21-11-13-24(17-21)12-10-18-4-2-1-3-5-18/h1-9,21,23H,10-13,15-17H2. The smallest absolute Gasteiger partial charge is 0.0991 e. The maximum Gasteiger partial charge on any atom is 0.0991 e. The first-order chi connectivity index (χ1) is 11.8. The van der Waals surface area contributed by atoms with Crippen LogP contribution in [0.4, 0.5) is 0 Å². The van der Waals surface area contributed by atoms with Crippen molar-refractivity contribution in [3.05, 3.63) is 71.3 Å². The van der Waals surface area contributed by atoms with Crippen LogP contribution >= 0.6 is 0 Å². The first-order valence-electron chi connectivity index (χ1n) is 8.79. The van der Waals surface area contributed by atoms with Crippen molar-refractivity contribution in [2.24, 2.45) is 5.92 Å². The maximum atomic E-state index is 8.82. The van der Waals surface area contributed by atoms with Crippen molar-refractivity contribution in [3.63, 3.8) is 0 Å². The van der Waals surface area contributed by atoms with Crippen LogP contribution < -0.4 is 5.32 Å². The summed E-state index contributed by atoms with van der Waals surface area (Å²) in [4.78, 5) is 2.58. The molecular formula is C21H25N3. The molecule has 1 unspecified atom stereocenters. The zero-order chi connectivity index (χ0) is 16.6. The highest BCUT2D eigenvalue weighted by atomic mass is 15.1. The molecule has 0 aromatic heterocycles. The summed E-state index contributed by atoms with van der Waals surface area (Å²) in [5.41, 5.74) is 3.40. The van der Waals surface area contributed by atoms with E-state index in [-0.39, 0.29) is 0 Å². The minimum atomic E-state index is 0.726. The number of nitrogens with one attached hydrogen (secondary N) is 1. The third-order valence-electron chi connectivity index (χ3n) is 4.77. The van der Waals surface area contributed by atoms with Gasteiger partial charge >= 0.3 is 0 Å². The van der Waals surface area contributed by atoms with Gasteiger partial charge in [0.05, 0.1) is 11.6 Å². The summed E-state index contributed by atoms with van der Waals surface area (Å²) in [5.74, 6) is 0.749. The largest absolute Gasteiger partial charge is 0.312 e. The maximum absolute atomic E-state index is 8.82. The molecule has 3 heteroatoms. The van der Waals surface area contributed by atoms with Gasteiger partial charge in [-0.2, -0.15) is 5.26 Å². The summed E-state index contributed by atoms with van der Waals surface area (Å²) >= 11 is 0. The Morgan fingerprint density at radius 2 is 1.83 bits per heavy atom. The number of likely N-dealkylation sites (tertiary alicyclic amines) is 1. The van der Waals surface area contributed by atoms with E-state index in [1.165, 1.54) is 30.6 Å². The van der Waals surface area contributed by atoms with Gasteiger partial charge in [-0.05, 0) is 55.1 Å². The second-order valence-corrected chi connectivity index (χ2v) is 6.63. The molecule has 0 radical (unpaired) electrons. The Morgan fingerprint density at radius 3 is 2.58 bits per heavy atom. The normalized spacial score (nSPS) is 17.7. The molecule has 1 heterocycles. The predicted molar refractivity (Wildman–Crippen MR) is 97.6 cm³/mol. The molecule has 2 aromatic rings. The lowest BCUT2D eigenvalue weighted by atomic mass is 10.1. The Bertz CT molecular complexity index is 658. The molecule has 0 aliphatic carbocycles. The van der Waals surface area contributed by atoms with Crippen LogP contribution in [0.3, 0.4) is 0 Å². The summed E-state index contributed by atoms with van der Waals surface area (Å²) < 4.78 is 0. The highest BCUT2D eigenvalue weighted by Gasteiger charge is 2.21. The van der Waals surface area contributed by atoms with Crippen LogP contribution in [-0.4, -0.2) is 31.1 Å². The van der Waals surface area contributed by atoms with Crippen molar-refractivity contribution in [2.75, 3.05) is 26.2 Å². The van der Waals surface area contributed by atoms with Gasteiger partial charge in [-0.25, -0.2) is 0 Å². The highest BCUT2D eigenvalue weighted by molar-refractivity contribution is 5.31. The van der Waals surface area contributed by atoms with Gasteiger partial charge in [0.25, 0.3) is 0 Å². The summed E-state index contributed by atoms with van der Waals surface area (Å²) in [6.07, 6.45) is 2.43. The molecule has 2 aromatic carbocycles. The Hall–Kier alpha value is -2.15. The molecule has 24 heavy (non-hydrogen) atoms. The van der Waals surface area contributed by atoms with Crippen molar-refractivity contribution in [2.45, 2.75) is 19.4 Å². The lowest BCUT2D eigenvalue weighted by Crippen LogP contribution is -2.27. The van der Waals surface area contributed by atoms with E-state index in [1.807, 2.05) is 24.3 Å². The van der Waals surface area contributed by atoms with Crippen molar-refractivity contribution in [3.8, 4) is 6.07 Å². The number of nitrogens with zero attached hydrogens (tertiary/aromatic N) is 2. The molecule has 0 spiro atoms. The van der Waals surface area contributed by atoms with Crippen molar-refractivity contribution in [1.29, 1.82) is 5.26 Å². The molecule has 1 aliphatic heterocycles. The molecule has 1 atom stereocenters. The highest BCUT2D eigenvalue weighted by Crippen LogP contribution is 2.16. The van der Waals surface area contributed by atoms with E-state index < -0.39 is 0 Å². The van der Waals surface area contributed by atoms with E-state index in [0.717, 1.165) is 37.5 Å². The van der Waals surface area contributed by atoms with Gasteiger partial charge in [-0.15, -0.1) is 0 Å². The van der Waals surface area contributed by atoms with Crippen molar-refractivity contribution in [1.82, 2.24) is 10.2 Å². The molecule has 124 valence electrons. The lowest BCUT2D eigenvalue weighted by molar-refractivity contribution is 0.325. The summed E-state index contributed by atoms with van der Waals surface area (Å²) in [6, 6.07) is 20.7. The second-order valence-electron chi connectivity index (χ2n) is 6.63. The second kappa shape index (κ2) is 8.63. The molecule has 0 saturated carbocycles. The third-order valence-corrected chi connectivity index (χ3v) is 4.77. The number of hydrogen-bond acceptors (Lipinski definition) is 3. The van der Waals surface area contributed by atoms with Crippen LogP contribution in [0, 0.1) is 17.2 Å². The van der Waals surface area contributed by atoms with Crippen LogP contribution in [-0.2, 0) is 13.0 Å².